The van der Waals surface area contributed by atoms with E-state index < -0.39 is 20.9 Å². The summed E-state index contributed by atoms with van der Waals surface area (Å²) in [5, 5.41) is 0. The zero-order chi connectivity index (χ0) is 13.5. The van der Waals surface area contributed by atoms with E-state index in [1.807, 2.05) is 0 Å². The first-order chi connectivity index (χ1) is 9.84. The number of benzene rings is 2. The quantitative estimate of drug-likeness (QED) is 0.378. The summed E-state index contributed by atoms with van der Waals surface area (Å²) in [6.07, 6.45) is 9.38. The minimum absolute atomic E-state index is 0. The van der Waals surface area contributed by atoms with Crippen LogP contribution in [0, 0.1) is 0 Å². The van der Waals surface area contributed by atoms with E-state index in [0.29, 0.717) is 0 Å². The second-order valence-corrected chi connectivity index (χ2v) is 17.5. The Morgan fingerprint density at radius 2 is 1.68 bits per heavy atom. The Morgan fingerprint density at radius 3 is 2.45 bits per heavy atom. The molecule has 4 rings (SSSR count). The molecule has 0 atom stereocenters. The molecule has 0 bridgehead atoms. The fourth-order valence-electron chi connectivity index (χ4n) is 3.41. The summed E-state index contributed by atoms with van der Waals surface area (Å²) in [6, 6.07) is 16.0. The van der Waals surface area contributed by atoms with Crippen molar-refractivity contribution in [2.75, 3.05) is 0 Å². The average molecular weight is 424 g/mol. The molecule has 2 aromatic carbocycles. The molecular weight excluding hydrogens is 406 g/mol. The predicted octanol–water partition coefficient (Wildman–Crippen LogP) is -3.37. The summed E-state index contributed by atoms with van der Waals surface area (Å²) in [5.41, 5.74) is 6.16. The Hall–Kier alpha value is -0.400. The van der Waals surface area contributed by atoms with Crippen molar-refractivity contribution in [2.45, 2.75) is 12.8 Å². The predicted molar refractivity (Wildman–Crippen MR) is 86.1 cm³/mol. The molecule has 0 heterocycles. The number of hydrogen-bond donors (Lipinski definition) is 0. The summed E-state index contributed by atoms with van der Waals surface area (Å²) in [4.78, 5) is 0. The Balaban J connectivity index is 0.000000882. The van der Waals surface area contributed by atoms with Crippen molar-refractivity contribution in [3.63, 3.8) is 0 Å². The van der Waals surface area contributed by atoms with Crippen LogP contribution in [0.3, 0.4) is 0 Å². The van der Waals surface area contributed by atoms with E-state index in [2.05, 4.69) is 60.7 Å². The molecule has 2 aliphatic carbocycles. The van der Waals surface area contributed by atoms with Crippen LogP contribution in [0.2, 0.25) is 0 Å². The monoisotopic (exact) mass is 421 g/mol. The van der Waals surface area contributed by atoms with Gasteiger partial charge in [-0.25, -0.2) is 0 Å². The maximum absolute atomic E-state index is 2.44. The van der Waals surface area contributed by atoms with Gasteiger partial charge in [-0.1, -0.05) is 0 Å². The van der Waals surface area contributed by atoms with Crippen LogP contribution in [-0.4, -0.2) is 7.37 Å². The number of rotatable bonds is 2. The van der Waals surface area contributed by atoms with E-state index in [0.717, 1.165) is 6.42 Å². The third-order valence-corrected chi connectivity index (χ3v) is 17.9. The van der Waals surface area contributed by atoms with Crippen molar-refractivity contribution in [3.8, 4) is 11.1 Å². The van der Waals surface area contributed by atoms with Gasteiger partial charge in [-0.05, 0) is 0 Å². The first-order valence-electron chi connectivity index (χ1n) is 7.25. The molecular formula is C18H17Cl2SiZr. The van der Waals surface area contributed by atoms with Gasteiger partial charge in [-0.15, -0.1) is 0 Å². The third kappa shape index (κ3) is 2.99. The minimum atomic E-state index is -1.48. The fraction of sp³-hybridized carbons (Fsp3) is 0.111. The Labute approximate surface area is 154 Å². The van der Waals surface area contributed by atoms with Gasteiger partial charge < -0.3 is 24.8 Å². The van der Waals surface area contributed by atoms with E-state index in [-0.39, 0.29) is 24.8 Å². The Bertz CT molecular complexity index is 753. The molecule has 0 N–H and O–H groups in total. The molecule has 22 heavy (non-hydrogen) atoms. The molecule has 0 fully saturated rings. The molecule has 0 spiro atoms. The number of halogens is 2. The summed E-state index contributed by atoms with van der Waals surface area (Å²) in [7, 11) is 1.39. The van der Waals surface area contributed by atoms with Crippen molar-refractivity contribution in [1.82, 2.24) is 0 Å². The summed E-state index contributed by atoms with van der Waals surface area (Å²) in [5.74, 6) is 0. The molecule has 111 valence electrons. The molecule has 0 amide bonds. The van der Waals surface area contributed by atoms with Crippen LogP contribution in [0.25, 0.3) is 11.1 Å². The van der Waals surface area contributed by atoms with Crippen LogP contribution >= 0.6 is 0 Å². The van der Waals surface area contributed by atoms with Crippen molar-refractivity contribution in [2.24, 2.45) is 0 Å². The first kappa shape index (κ1) is 17.9. The number of allylic oxidation sites excluding steroid dienone is 4. The third-order valence-electron chi connectivity index (χ3n) is 4.51. The molecule has 0 unspecified atom stereocenters. The van der Waals surface area contributed by atoms with Crippen molar-refractivity contribution >= 4 is 10.6 Å². The van der Waals surface area contributed by atoms with Crippen LogP contribution in [0.15, 0.2) is 64.0 Å². The molecule has 0 saturated carbocycles. The standard InChI is InChI=1S/C13H9.C5H5.2ClH.H3Si.Zr/c1-3-7-12-10(5-1)9-11-6-2-4-8-13(11)12;1-2-4-5-3-1;;;;/h1-5,7-8H,9H2;1-3H,4H2;2*1H;1H3;/q;;;;;+2/p-2. The van der Waals surface area contributed by atoms with Gasteiger partial charge in [-0.2, -0.15) is 0 Å². The zero-order valence-corrected chi connectivity index (χ0v) is 18.4. The van der Waals surface area contributed by atoms with Crippen LogP contribution in [0.4, 0.5) is 0 Å². The normalized spacial score (nSPS) is 13.7. The van der Waals surface area contributed by atoms with Gasteiger partial charge in [0, 0.05) is 0 Å². The second-order valence-electron chi connectivity index (χ2n) is 5.61. The first-order valence-corrected chi connectivity index (χ1v) is 18.1. The molecule has 2 aromatic rings. The summed E-state index contributed by atoms with van der Waals surface area (Å²) >= 11 is -1.48. The van der Waals surface area contributed by atoms with Crippen LogP contribution in [0.5, 0.6) is 0 Å². The van der Waals surface area contributed by atoms with Gasteiger partial charge in [0.15, 0.2) is 0 Å². The topological polar surface area (TPSA) is 0 Å². The second kappa shape index (κ2) is 7.45. The molecule has 2 aliphatic rings. The molecule has 0 aromatic heterocycles. The fourth-order valence-corrected chi connectivity index (χ4v) is 13.6. The molecule has 0 nitrogen and oxygen atoms in total. The molecule has 0 saturated heterocycles. The van der Waals surface area contributed by atoms with Gasteiger partial charge in [-0.3, -0.25) is 0 Å². The molecule has 4 heteroatoms. The van der Waals surface area contributed by atoms with Crippen LogP contribution < -0.4 is 28.1 Å². The summed E-state index contributed by atoms with van der Waals surface area (Å²) < 4.78 is 3.56. The molecule has 0 radical (unpaired) electrons. The van der Waals surface area contributed by atoms with Gasteiger partial charge in [0.1, 0.15) is 0 Å². The summed E-state index contributed by atoms with van der Waals surface area (Å²) in [6.45, 7) is 0. The van der Waals surface area contributed by atoms with E-state index >= 15 is 0 Å². The SMILES string of the molecule is [Cl-].[Cl-].[SiH3][Zr+2]([C]1=CC=CC1)[c]1cccc2c1Cc1ccccc1-2. The molecule has 0 aliphatic heterocycles. The number of hydrogen-bond acceptors (Lipinski definition) is 0. The van der Waals surface area contributed by atoms with E-state index in [1.165, 1.54) is 30.5 Å². The maximum atomic E-state index is 2.44. The van der Waals surface area contributed by atoms with Crippen molar-refractivity contribution < 1.29 is 45.7 Å². The zero-order valence-electron chi connectivity index (χ0n) is 12.4. The van der Waals surface area contributed by atoms with E-state index in [4.69, 9.17) is 0 Å². The van der Waals surface area contributed by atoms with Gasteiger partial charge in [0.2, 0.25) is 0 Å². The van der Waals surface area contributed by atoms with Crippen LogP contribution in [-0.2, 0) is 27.3 Å². The van der Waals surface area contributed by atoms with Gasteiger partial charge in [0.05, 0.1) is 0 Å². The van der Waals surface area contributed by atoms with E-state index in [1.54, 1.807) is 12.1 Å². The van der Waals surface area contributed by atoms with Gasteiger partial charge in [0.25, 0.3) is 0 Å². The van der Waals surface area contributed by atoms with Gasteiger partial charge >= 0.3 is 131 Å². The van der Waals surface area contributed by atoms with Crippen LogP contribution in [0.1, 0.15) is 17.5 Å². The Morgan fingerprint density at radius 1 is 0.909 bits per heavy atom. The average Bonchev–Trinajstić information content (AvgIpc) is 3.13. The Kier molecular flexibility index (Phi) is 6.07. The van der Waals surface area contributed by atoms with Crippen molar-refractivity contribution in [3.05, 3.63) is 75.1 Å². The van der Waals surface area contributed by atoms with Crippen molar-refractivity contribution in [1.29, 1.82) is 0 Å². The van der Waals surface area contributed by atoms with E-state index in [9.17, 15) is 0 Å². The number of fused-ring (bicyclic) bond motifs is 3.